The van der Waals surface area contributed by atoms with Crippen LogP contribution in [0.25, 0.3) is 0 Å². The van der Waals surface area contributed by atoms with E-state index in [0.717, 1.165) is 16.1 Å². The third kappa shape index (κ3) is 5.79. The quantitative estimate of drug-likeness (QED) is 0.465. The second-order valence-corrected chi connectivity index (χ2v) is 9.98. The van der Waals surface area contributed by atoms with Crippen LogP contribution in [0.15, 0.2) is 66.7 Å². The van der Waals surface area contributed by atoms with E-state index in [1.54, 1.807) is 61.5 Å². The van der Waals surface area contributed by atoms with Gasteiger partial charge in [0.1, 0.15) is 5.82 Å². The Morgan fingerprint density at radius 2 is 1.66 bits per heavy atom. The number of halogens is 3. The Morgan fingerprint density at radius 1 is 1.03 bits per heavy atom. The van der Waals surface area contributed by atoms with Crippen LogP contribution < -0.4 is 9.62 Å². The van der Waals surface area contributed by atoms with Gasteiger partial charge >= 0.3 is 0 Å². The van der Waals surface area contributed by atoms with Crippen LogP contribution in [-0.4, -0.2) is 20.6 Å². The average Bonchev–Trinajstić information content (AvgIpc) is 2.74. The van der Waals surface area contributed by atoms with Gasteiger partial charge in [0.05, 0.1) is 34.6 Å². The molecule has 1 N–H and O–H groups in total. The number of nitrogens with zero attached hydrogens (tertiary/aromatic N) is 1. The normalized spacial score (nSPS) is 12.3. The molecule has 9 heteroatoms. The molecule has 0 unspecified atom stereocenters. The third-order valence-corrected chi connectivity index (χ3v) is 6.80. The van der Waals surface area contributed by atoms with E-state index < -0.39 is 10.0 Å². The number of nitrogens with one attached hydrogen (secondary N) is 1. The molecule has 0 aromatic heterocycles. The largest absolute Gasteiger partial charge is 0.346 e. The lowest BCUT2D eigenvalue weighted by atomic mass is 10.1. The zero-order chi connectivity index (χ0) is 23.5. The summed E-state index contributed by atoms with van der Waals surface area (Å²) >= 11 is 12.3. The third-order valence-electron chi connectivity index (χ3n) is 4.86. The Bertz CT molecular complexity index is 1220. The molecule has 168 valence electrons. The molecule has 1 atom stereocenters. The first-order valence-corrected chi connectivity index (χ1v) is 12.2. The highest BCUT2D eigenvalue weighted by molar-refractivity contribution is 7.92. The van der Waals surface area contributed by atoms with Crippen LogP contribution in [0.3, 0.4) is 0 Å². The number of rotatable bonds is 7. The van der Waals surface area contributed by atoms with E-state index >= 15 is 0 Å². The average molecular weight is 495 g/mol. The number of benzene rings is 3. The van der Waals surface area contributed by atoms with Crippen LogP contribution in [0.2, 0.25) is 10.0 Å². The van der Waals surface area contributed by atoms with E-state index in [9.17, 15) is 17.6 Å². The number of carbonyl (C=O) groups excluding carboxylic acids is 1. The van der Waals surface area contributed by atoms with Crippen molar-refractivity contribution in [1.82, 2.24) is 5.32 Å². The summed E-state index contributed by atoms with van der Waals surface area (Å²) in [6.07, 6.45) is 1.09. The predicted molar refractivity (Wildman–Crippen MR) is 126 cm³/mol. The summed E-state index contributed by atoms with van der Waals surface area (Å²) < 4.78 is 39.0. The van der Waals surface area contributed by atoms with Crippen LogP contribution in [0.4, 0.5) is 10.1 Å². The molecule has 0 aliphatic carbocycles. The summed E-state index contributed by atoms with van der Waals surface area (Å²) in [5.74, 6) is -0.642. The van der Waals surface area contributed by atoms with Crippen molar-refractivity contribution in [3.05, 3.63) is 99.3 Å². The summed E-state index contributed by atoms with van der Waals surface area (Å²) in [6, 6.07) is 17.0. The van der Waals surface area contributed by atoms with E-state index in [4.69, 9.17) is 23.2 Å². The van der Waals surface area contributed by atoms with Crippen molar-refractivity contribution < 1.29 is 17.6 Å². The summed E-state index contributed by atoms with van der Waals surface area (Å²) in [7, 11) is -3.65. The van der Waals surface area contributed by atoms with Crippen LogP contribution in [0.5, 0.6) is 0 Å². The minimum absolute atomic E-state index is 0.0206. The second-order valence-electron chi connectivity index (χ2n) is 7.29. The monoisotopic (exact) mass is 494 g/mol. The molecule has 0 saturated carbocycles. The maximum atomic E-state index is 13.1. The van der Waals surface area contributed by atoms with Gasteiger partial charge in [0.25, 0.3) is 5.91 Å². The van der Waals surface area contributed by atoms with Gasteiger partial charge in [-0.15, -0.1) is 0 Å². The van der Waals surface area contributed by atoms with Gasteiger partial charge < -0.3 is 5.32 Å². The van der Waals surface area contributed by atoms with Crippen molar-refractivity contribution in [2.45, 2.75) is 19.5 Å². The lowest BCUT2D eigenvalue weighted by molar-refractivity contribution is 0.0940. The maximum absolute atomic E-state index is 13.1. The van der Waals surface area contributed by atoms with Gasteiger partial charge in [0.15, 0.2) is 0 Å². The summed E-state index contributed by atoms with van der Waals surface area (Å²) in [5, 5.41) is 3.25. The van der Waals surface area contributed by atoms with E-state index in [-0.39, 0.29) is 40.0 Å². The molecule has 0 aliphatic heterocycles. The van der Waals surface area contributed by atoms with Crippen molar-refractivity contribution in [2.24, 2.45) is 0 Å². The Hall–Kier alpha value is -2.61. The van der Waals surface area contributed by atoms with Gasteiger partial charge in [0, 0.05) is 5.56 Å². The SMILES string of the molecule is C[C@H](NC(=O)c1ccc(CN(c2cccc(Cl)c2Cl)S(C)(=O)=O)cc1)c1ccc(F)cc1. The lowest BCUT2D eigenvalue weighted by Gasteiger charge is -2.24. The fourth-order valence-corrected chi connectivity index (χ4v) is 4.45. The Labute approximate surface area is 196 Å². The highest BCUT2D eigenvalue weighted by Crippen LogP contribution is 2.34. The van der Waals surface area contributed by atoms with E-state index in [1.165, 1.54) is 12.1 Å². The summed E-state index contributed by atoms with van der Waals surface area (Å²) in [6.45, 7) is 1.82. The number of amides is 1. The Kier molecular flexibility index (Phi) is 7.44. The van der Waals surface area contributed by atoms with E-state index in [1.807, 2.05) is 0 Å². The molecule has 3 aromatic carbocycles. The molecule has 0 spiro atoms. The molecule has 0 heterocycles. The van der Waals surface area contributed by atoms with Crippen molar-refractivity contribution in [3.8, 4) is 0 Å². The van der Waals surface area contributed by atoms with Crippen LogP contribution in [0, 0.1) is 5.82 Å². The summed E-state index contributed by atoms with van der Waals surface area (Å²) in [4.78, 5) is 12.6. The van der Waals surface area contributed by atoms with E-state index in [2.05, 4.69) is 5.32 Å². The van der Waals surface area contributed by atoms with Gasteiger partial charge in [-0.1, -0.05) is 53.5 Å². The fourth-order valence-electron chi connectivity index (χ4n) is 3.11. The van der Waals surface area contributed by atoms with Gasteiger partial charge in [-0.3, -0.25) is 9.10 Å². The van der Waals surface area contributed by atoms with Crippen LogP contribution >= 0.6 is 23.2 Å². The molecule has 0 bridgehead atoms. The molecule has 3 aromatic rings. The Balaban J connectivity index is 1.75. The summed E-state index contributed by atoms with van der Waals surface area (Å²) in [5.41, 5.74) is 2.12. The van der Waals surface area contributed by atoms with Crippen molar-refractivity contribution in [3.63, 3.8) is 0 Å². The second kappa shape index (κ2) is 9.90. The number of hydrogen-bond donors (Lipinski definition) is 1. The molecule has 5 nitrogen and oxygen atoms in total. The van der Waals surface area contributed by atoms with Gasteiger partial charge in [-0.05, 0) is 54.4 Å². The van der Waals surface area contributed by atoms with Crippen molar-refractivity contribution in [1.29, 1.82) is 0 Å². The van der Waals surface area contributed by atoms with Crippen molar-refractivity contribution >= 4 is 44.8 Å². The zero-order valence-corrected chi connectivity index (χ0v) is 19.7. The number of carbonyl (C=O) groups is 1. The topological polar surface area (TPSA) is 66.5 Å². The maximum Gasteiger partial charge on any atom is 0.251 e. The number of sulfonamides is 1. The minimum atomic E-state index is -3.65. The smallest absolute Gasteiger partial charge is 0.251 e. The lowest BCUT2D eigenvalue weighted by Crippen LogP contribution is -2.29. The van der Waals surface area contributed by atoms with Crippen LogP contribution in [-0.2, 0) is 16.6 Å². The number of hydrogen-bond acceptors (Lipinski definition) is 3. The molecular weight excluding hydrogens is 474 g/mol. The first kappa shape index (κ1) is 24.0. The number of anilines is 1. The highest BCUT2D eigenvalue weighted by Gasteiger charge is 2.22. The van der Waals surface area contributed by atoms with Gasteiger partial charge in [-0.2, -0.15) is 0 Å². The Morgan fingerprint density at radius 3 is 2.25 bits per heavy atom. The van der Waals surface area contributed by atoms with Crippen LogP contribution in [0.1, 0.15) is 34.5 Å². The molecule has 0 radical (unpaired) electrons. The molecule has 0 saturated heterocycles. The molecular formula is C23H21Cl2FN2O3S. The molecule has 0 fully saturated rings. The molecule has 3 rings (SSSR count). The minimum Gasteiger partial charge on any atom is -0.346 e. The standard InChI is InChI=1S/C23H21Cl2FN2O3S/c1-15(17-10-12-19(26)13-11-17)27-23(29)18-8-6-16(7-9-18)14-28(32(2,30)31)21-5-3-4-20(24)22(21)25/h3-13,15H,14H2,1-2H3,(H,27,29)/t15-/m0/s1. The van der Waals surface area contributed by atoms with Gasteiger partial charge in [-0.25, -0.2) is 12.8 Å². The molecule has 0 aliphatic rings. The zero-order valence-electron chi connectivity index (χ0n) is 17.3. The predicted octanol–water partition coefficient (Wildman–Crippen LogP) is 5.59. The fraction of sp³-hybridized carbons (Fsp3) is 0.174. The first-order valence-electron chi connectivity index (χ1n) is 9.63. The van der Waals surface area contributed by atoms with Gasteiger partial charge in [0.2, 0.25) is 10.0 Å². The first-order chi connectivity index (χ1) is 15.1. The molecule has 32 heavy (non-hydrogen) atoms. The highest BCUT2D eigenvalue weighted by atomic mass is 35.5. The molecule has 1 amide bonds. The van der Waals surface area contributed by atoms with E-state index in [0.29, 0.717) is 11.1 Å². The van der Waals surface area contributed by atoms with Crippen molar-refractivity contribution in [2.75, 3.05) is 10.6 Å².